The van der Waals surface area contributed by atoms with E-state index in [0.717, 1.165) is 22.5 Å². The van der Waals surface area contributed by atoms with Crippen molar-refractivity contribution >= 4 is 34.8 Å². The third kappa shape index (κ3) is 4.67. The Morgan fingerprint density at radius 3 is 2.80 bits per heavy atom. The molecule has 0 fully saturated rings. The summed E-state index contributed by atoms with van der Waals surface area (Å²) in [5.74, 6) is 0.321. The summed E-state index contributed by atoms with van der Waals surface area (Å²) in [7, 11) is 0. The van der Waals surface area contributed by atoms with Crippen LogP contribution in [0.5, 0.6) is 0 Å². The molecule has 1 aliphatic heterocycles. The fraction of sp³-hybridized carbons (Fsp3) is 0.154. The molecule has 0 spiro atoms. The van der Waals surface area contributed by atoms with E-state index in [9.17, 15) is 10.1 Å². The molecular formula is C26H20ClN7O. The predicted octanol–water partition coefficient (Wildman–Crippen LogP) is 4.64. The number of hydrogen-bond acceptors (Lipinski definition) is 7. The van der Waals surface area contributed by atoms with Gasteiger partial charge in [0.05, 0.1) is 23.4 Å². The molecule has 172 valence electrons. The SMILES string of the molecule is Cc1cc(Nc2nccc(-c3cc(C#N)c4c(c3)CCN4C(=O)Cc3cccnc3Cl)n2)ccn1. The van der Waals surface area contributed by atoms with Gasteiger partial charge in [-0.05, 0) is 60.9 Å². The van der Waals surface area contributed by atoms with Gasteiger partial charge in [-0.3, -0.25) is 9.78 Å². The van der Waals surface area contributed by atoms with Crippen LogP contribution < -0.4 is 10.2 Å². The summed E-state index contributed by atoms with van der Waals surface area (Å²) < 4.78 is 0. The number of hydrogen-bond donors (Lipinski definition) is 1. The Kier molecular flexibility index (Phi) is 6.08. The first-order valence-electron chi connectivity index (χ1n) is 11.0. The van der Waals surface area contributed by atoms with E-state index in [0.29, 0.717) is 46.6 Å². The van der Waals surface area contributed by atoms with E-state index < -0.39 is 0 Å². The van der Waals surface area contributed by atoms with Crippen LogP contribution in [0.1, 0.15) is 22.4 Å². The summed E-state index contributed by atoms with van der Waals surface area (Å²) in [4.78, 5) is 31.9. The number of carbonyl (C=O) groups excluding carboxylic acids is 1. The van der Waals surface area contributed by atoms with Crippen LogP contribution in [0.25, 0.3) is 11.3 Å². The molecule has 0 saturated heterocycles. The number of nitriles is 1. The van der Waals surface area contributed by atoms with E-state index >= 15 is 0 Å². The van der Waals surface area contributed by atoms with E-state index in [4.69, 9.17) is 11.6 Å². The maximum Gasteiger partial charge on any atom is 0.231 e. The standard InChI is InChI=1S/C26H20ClN7O/c1-16-11-21(4-8-29-16)32-26-31-9-5-22(33-26)19-12-17-6-10-34(24(17)20(13-19)15-28)23(35)14-18-3-2-7-30-25(18)27/h2-5,7-9,11-13H,6,10,14H2,1H3,(H,29,31,32,33). The van der Waals surface area contributed by atoms with Gasteiger partial charge in [0.1, 0.15) is 11.2 Å². The first-order chi connectivity index (χ1) is 17.0. The third-order valence-corrected chi connectivity index (χ3v) is 6.11. The number of halogens is 1. The molecule has 0 radical (unpaired) electrons. The predicted molar refractivity (Wildman–Crippen MR) is 133 cm³/mol. The van der Waals surface area contributed by atoms with Crippen molar-refractivity contribution < 1.29 is 4.79 Å². The Bertz CT molecular complexity index is 1480. The third-order valence-electron chi connectivity index (χ3n) is 5.77. The summed E-state index contributed by atoms with van der Waals surface area (Å²) >= 11 is 6.14. The van der Waals surface area contributed by atoms with Crippen LogP contribution >= 0.6 is 11.6 Å². The molecular weight excluding hydrogens is 462 g/mol. The molecule has 0 aliphatic carbocycles. The van der Waals surface area contributed by atoms with Crippen molar-refractivity contribution in [2.24, 2.45) is 0 Å². The summed E-state index contributed by atoms with van der Waals surface area (Å²) in [6.07, 6.45) is 5.75. The largest absolute Gasteiger partial charge is 0.324 e. The van der Waals surface area contributed by atoms with Crippen molar-refractivity contribution in [1.82, 2.24) is 19.9 Å². The van der Waals surface area contributed by atoms with Crippen LogP contribution in [-0.4, -0.2) is 32.4 Å². The van der Waals surface area contributed by atoms with Crippen molar-refractivity contribution in [2.45, 2.75) is 19.8 Å². The molecule has 1 amide bonds. The zero-order valence-electron chi connectivity index (χ0n) is 18.9. The lowest BCUT2D eigenvalue weighted by Gasteiger charge is -2.19. The summed E-state index contributed by atoms with van der Waals surface area (Å²) in [6.45, 7) is 2.41. The van der Waals surface area contributed by atoms with Crippen molar-refractivity contribution in [3.8, 4) is 17.3 Å². The van der Waals surface area contributed by atoms with Crippen LogP contribution in [0.15, 0.2) is 61.1 Å². The number of benzene rings is 1. The Morgan fingerprint density at radius 1 is 1.14 bits per heavy atom. The first kappa shape index (κ1) is 22.4. The molecule has 1 N–H and O–H groups in total. The molecule has 9 heteroatoms. The maximum absolute atomic E-state index is 13.1. The molecule has 8 nitrogen and oxygen atoms in total. The first-order valence-corrected chi connectivity index (χ1v) is 11.4. The summed E-state index contributed by atoms with van der Waals surface area (Å²) in [6, 6.07) is 15.1. The number of aromatic nitrogens is 4. The molecule has 3 aromatic heterocycles. The molecule has 4 heterocycles. The van der Waals surface area contributed by atoms with E-state index in [2.05, 4.69) is 31.3 Å². The minimum Gasteiger partial charge on any atom is -0.324 e. The topological polar surface area (TPSA) is 108 Å². The van der Waals surface area contributed by atoms with Crippen LogP contribution in [0.2, 0.25) is 5.15 Å². The van der Waals surface area contributed by atoms with Gasteiger partial charge in [-0.15, -0.1) is 0 Å². The fourth-order valence-electron chi connectivity index (χ4n) is 4.17. The Morgan fingerprint density at radius 2 is 2.00 bits per heavy atom. The molecule has 0 saturated carbocycles. The number of carbonyl (C=O) groups is 1. The molecule has 1 aliphatic rings. The van der Waals surface area contributed by atoms with Crippen molar-refractivity contribution in [3.05, 3.63) is 88.6 Å². The van der Waals surface area contributed by atoms with Crippen LogP contribution in [0.4, 0.5) is 17.3 Å². The van der Waals surface area contributed by atoms with Gasteiger partial charge in [-0.2, -0.15) is 5.26 Å². The number of rotatable bonds is 5. The molecule has 35 heavy (non-hydrogen) atoms. The maximum atomic E-state index is 13.1. The van der Waals surface area contributed by atoms with E-state index in [1.54, 1.807) is 47.8 Å². The second kappa shape index (κ2) is 9.49. The van der Waals surface area contributed by atoms with Gasteiger partial charge in [0.25, 0.3) is 0 Å². The smallest absolute Gasteiger partial charge is 0.231 e. The van der Waals surface area contributed by atoms with Crippen LogP contribution in [0, 0.1) is 18.3 Å². The number of aryl methyl sites for hydroxylation is 1. The normalized spacial score (nSPS) is 12.2. The second-order valence-corrected chi connectivity index (χ2v) is 8.50. The lowest BCUT2D eigenvalue weighted by atomic mass is 10.0. The van der Waals surface area contributed by atoms with E-state index in [1.807, 2.05) is 25.1 Å². The Labute approximate surface area is 207 Å². The highest BCUT2D eigenvalue weighted by Crippen LogP contribution is 2.36. The fourth-order valence-corrected chi connectivity index (χ4v) is 4.36. The number of nitrogens with zero attached hydrogens (tertiary/aromatic N) is 6. The van der Waals surface area contributed by atoms with Gasteiger partial charge in [0.2, 0.25) is 11.9 Å². The van der Waals surface area contributed by atoms with Gasteiger partial charge in [-0.1, -0.05) is 17.7 Å². The van der Waals surface area contributed by atoms with Gasteiger partial charge in [-0.25, -0.2) is 15.0 Å². The van der Waals surface area contributed by atoms with Crippen molar-refractivity contribution in [2.75, 3.05) is 16.8 Å². The molecule has 0 unspecified atom stereocenters. The zero-order chi connectivity index (χ0) is 24.4. The minimum absolute atomic E-state index is 0.119. The average molecular weight is 482 g/mol. The number of fused-ring (bicyclic) bond motifs is 1. The average Bonchev–Trinajstić information content (AvgIpc) is 3.29. The quantitative estimate of drug-likeness (QED) is 0.413. The molecule has 1 aromatic carbocycles. The molecule has 5 rings (SSSR count). The van der Waals surface area contributed by atoms with Crippen LogP contribution in [-0.2, 0) is 17.6 Å². The number of nitrogens with one attached hydrogen (secondary N) is 1. The highest BCUT2D eigenvalue weighted by molar-refractivity contribution is 6.30. The van der Waals surface area contributed by atoms with Crippen LogP contribution in [0.3, 0.4) is 0 Å². The van der Waals surface area contributed by atoms with E-state index in [-0.39, 0.29) is 12.3 Å². The lowest BCUT2D eigenvalue weighted by molar-refractivity contribution is -0.117. The molecule has 4 aromatic rings. The molecule has 0 bridgehead atoms. The minimum atomic E-state index is -0.121. The van der Waals surface area contributed by atoms with Gasteiger partial charge >= 0.3 is 0 Å². The lowest BCUT2D eigenvalue weighted by Crippen LogP contribution is -2.31. The summed E-state index contributed by atoms with van der Waals surface area (Å²) in [5.41, 5.74) is 5.87. The Hall–Kier alpha value is -4.35. The molecule has 0 atom stereocenters. The summed E-state index contributed by atoms with van der Waals surface area (Å²) in [5, 5.41) is 13.4. The number of anilines is 3. The number of amides is 1. The van der Waals surface area contributed by atoms with Gasteiger partial charge in [0, 0.05) is 42.1 Å². The second-order valence-electron chi connectivity index (χ2n) is 8.15. The van der Waals surface area contributed by atoms with Gasteiger partial charge < -0.3 is 10.2 Å². The van der Waals surface area contributed by atoms with E-state index in [1.165, 1.54) is 0 Å². The number of pyridine rings is 2. The zero-order valence-corrected chi connectivity index (χ0v) is 19.6. The highest BCUT2D eigenvalue weighted by atomic mass is 35.5. The monoisotopic (exact) mass is 481 g/mol. The van der Waals surface area contributed by atoms with Crippen molar-refractivity contribution in [3.63, 3.8) is 0 Å². The highest BCUT2D eigenvalue weighted by Gasteiger charge is 2.29. The van der Waals surface area contributed by atoms with Crippen molar-refractivity contribution in [1.29, 1.82) is 5.26 Å². The Balaban J connectivity index is 1.43. The van der Waals surface area contributed by atoms with Gasteiger partial charge in [0.15, 0.2) is 0 Å².